The smallest absolute Gasteiger partial charge is 0.244 e. The van der Waals surface area contributed by atoms with Crippen LogP contribution in [-0.2, 0) is 14.3 Å². The first-order valence-corrected chi connectivity index (χ1v) is 13.1. The third-order valence-electron chi connectivity index (χ3n) is 6.77. The fraction of sp³-hybridized carbons (Fsp3) is 0.640. The Morgan fingerprint density at radius 3 is 2.63 bits per heavy atom. The highest BCUT2D eigenvalue weighted by Crippen LogP contribution is 2.38. The molecule has 8 atom stereocenters. The second-order valence-electron chi connectivity index (χ2n) is 9.51. The molecule has 2 aliphatic rings. The van der Waals surface area contributed by atoms with Gasteiger partial charge in [-0.15, -0.1) is 11.8 Å². The van der Waals surface area contributed by atoms with Crippen molar-refractivity contribution in [3.63, 3.8) is 0 Å². The first-order chi connectivity index (χ1) is 16.6. The molecule has 1 aromatic rings. The van der Waals surface area contributed by atoms with Crippen molar-refractivity contribution in [1.82, 2.24) is 10.3 Å². The summed E-state index contributed by atoms with van der Waals surface area (Å²) in [7, 11) is 0. The second-order valence-corrected chi connectivity index (χ2v) is 10.3. The van der Waals surface area contributed by atoms with Gasteiger partial charge >= 0.3 is 0 Å². The van der Waals surface area contributed by atoms with Crippen molar-refractivity contribution in [1.29, 1.82) is 0 Å². The Morgan fingerprint density at radius 1 is 1.26 bits per heavy atom. The van der Waals surface area contributed by atoms with Gasteiger partial charge in [0.25, 0.3) is 0 Å². The van der Waals surface area contributed by atoms with Crippen molar-refractivity contribution in [2.24, 2.45) is 11.8 Å². The number of pyridine rings is 1. The van der Waals surface area contributed by atoms with Crippen LogP contribution in [0.15, 0.2) is 35.0 Å². The maximum absolute atomic E-state index is 12.2. The van der Waals surface area contributed by atoms with Crippen LogP contribution in [0.1, 0.15) is 44.0 Å². The van der Waals surface area contributed by atoms with Gasteiger partial charge in [0, 0.05) is 29.7 Å². The van der Waals surface area contributed by atoms with E-state index in [4.69, 9.17) is 9.47 Å². The van der Waals surface area contributed by atoms with E-state index in [2.05, 4.69) is 10.3 Å². The number of hydrogen-bond acceptors (Lipinski definition) is 9. The summed E-state index contributed by atoms with van der Waals surface area (Å²) in [4.78, 5) is 28.7. The summed E-state index contributed by atoms with van der Waals surface area (Å²) < 4.78 is 11.5. The number of nitrogens with zero attached hydrogens (tertiary/aromatic N) is 1. The Balaban J connectivity index is 1.43. The number of ether oxygens (including phenoxy) is 2. The summed E-state index contributed by atoms with van der Waals surface area (Å²) in [6, 6.07) is 3.43. The SMILES string of the molecule is CSc1ccc(C(=O)CNC(=O)/C=C(\C)C[C@@H]2OC[C@H](C[C@@H]3O[C@H]3[C@@H](C)[C@H](C)O)[C@@H](O)[C@H]2O)cn1. The number of carbonyl (C=O) groups is 2. The average molecular weight is 509 g/mol. The van der Waals surface area contributed by atoms with E-state index in [1.165, 1.54) is 24.0 Å². The molecule has 0 spiro atoms. The molecule has 3 rings (SSSR count). The van der Waals surface area contributed by atoms with Crippen LogP contribution in [0.2, 0.25) is 0 Å². The number of rotatable bonds is 11. The molecular weight excluding hydrogens is 472 g/mol. The third-order valence-corrected chi connectivity index (χ3v) is 7.43. The minimum atomic E-state index is -1.09. The average Bonchev–Trinajstić information content (AvgIpc) is 3.60. The fourth-order valence-corrected chi connectivity index (χ4v) is 4.66. The van der Waals surface area contributed by atoms with Crippen molar-refractivity contribution in [2.75, 3.05) is 19.4 Å². The summed E-state index contributed by atoms with van der Waals surface area (Å²) in [6.07, 6.45) is 2.31. The van der Waals surface area contributed by atoms with Crippen LogP contribution in [0.5, 0.6) is 0 Å². The Labute approximate surface area is 210 Å². The van der Waals surface area contributed by atoms with Gasteiger partial charge in [0.1, 0.15) is 6.10 Å². The number of carbonyl (C=O) groups excluding carboxylic acids is 2. The molecule has 4 N–H and O–H groups in total. The Kier molecular flexibility index (Phi) is 9.86. The molecular formula is C25H36N2O7S. The first-order valence-electron chi connectivity index (χ1n) is 11.9. The molecule has 10 heteroatoms. The Hall–Kier alpha value is -1.82. The van der Waals surface area contributed by atoms with Gasteiger partial charge in [0.2, 0.25) is 5.91 Å². The zero-order chi connectivity index (χ0) is 25.7. The van der Waals surface area contributed by atoms with Crippen LogP contribution >= 0.6 is 11.8 Å². The number of nitrogens with one attached hydrogen (secondary N) is 1. The number of aromatic nitrogens is 1. The molecule has 2 saturated heterocycles. The summed E-state index contributed by atoms with van der Waals surface area (Å²) in [5.41, 5.74) is 1.08. The number of Topliss-reactive ketones (excluding diaryl/α,β-unsaturated/α-hetero) is 1. The third kappa shape index (κ3) is 7.58. The van der Waals surface area contributed by atoms with Crippen molar-refractivity contribution in [3.8, 4) is 0 Å². The van der Waals surface area contributed by atoms with E-state index in [-0.39, 0.29) is 49.4 Å². The van der Waals surface area contributed by atoms with Crippen LogP contribution in [0.4, 0.5) is 0 Å². The van der Waals surface area contributed by atoms with Gasteiger partial charge in [-0.2, -0.15) is 0 Å². The minimum absolute atomic E-state index is 0.00549. The molecule has 1 aromatic heterocycles. The van der Waals surface area contributed by atoms with E-state index in [0.29, 0.717) is 17.6 Å². The lowest BCUT2D eigenvalue weighted by Crippen LogP contribution is -2.50. The quantitative estimate of drug-likeness (QED) is 0.151. The Bertz CT molecular complexity index is 908. The van der Waals surface area contributed by atoms with Crippen molar-refractivity contribution >= 4 is 23.5 Å². The van der Waals surface area contributed by atoms with Crippen LogP contribution in [0, 0.1) is 11.8 Å². The summed E-state index contributed by atoms with van der Waals surface area (Å²) >= 11 is 1.48. The van der Waals surface area contributed by atoms with Crippen LogP contribution < -0.4 is 5.32 Å². The van der Waals surface area contributed by atoms with Crippen molar-refractivity contribution < 1.29 is 34.4 Å². The molecule has 1 amide bonds. The predicted octanol–water partition coefficient (Wildman–Crippen LogP) is 1.35. The van der Waals surface area contributed by atoms with E-state index in [1.807, 2.05) is 13.2 Å². The van der Waals surface area contributed by atoms with Gasteiger partial charge in [-0.1, -0.05) is 12.5 Å². The topological polar surface area (TPSA) is 142 Å². The zero-order valence-electron chi connectivity index (χ0n) is 20.6. The van der Waals surface area contributed by atoms with E-state index in [0.717, 1.165) is 5.03 Å². The number of epoxide rings is 1. The molecule has 0 bridgehead atoms. The van der Waals surface area contributed by atoms with Gasteiger partial charge in [-0.3, -0.25) is 9.59 Å². The molecule has 194 valence electrons. The molecule has 0 unspecified atom stereocenters. The highest BCUT2D eigenvalue weighted by molar-refractivity contribution is 7.98. The number of aliphatic hydroxyl groups is 3. The van der Waals surface area contributed by atoms with E-state index >= 15 is 0 Å². The van der Waals surface area contributed by atoms with Crippen LogP contribution in [0.25, 0.3) is 0 Å². The summed E-state index contributed by atoms with van der Waals surface area (Å²) in [5.74, 6) is -0.923. The molecule has 0 aromatic carbocycles. The number of amides is 1. The number of aliphatic hydroxyl groups excluding tert-OH is 3. The highest BCUT2D eigenvalue weighted by atomic mass is 32.2. The molecule has 3 heterocycles. The van der Waals surface area contributed by atoms with Gasteiger partial charge in [0.05, 0.1) is 48.7 Å². The predicted molar refractivity (Wildman–Crippen MR) is 131 cm³/mol. The normalized spacial score (nSPS) is 30.4. The molecule has 2 aliphatic heterocycles. The van der Waals surface area contributed by atoms with Gasteiger partial charge in [0.15, 0.2) is 5.78 Å². The lowest BCUT2D eigenvalue weighted by Gasteiger charge is -2.38. The van der Waals surface area contributed by atoms with Crippen LogP contribution in [0.3, 0.4) is 0 Å². The van der Waals surface area contributed by atoms with E-state index in [1.54, 1.807) is 26.0 Å². The fourth-order valence-electron chi connectivity index (χ4n) is 4.30. The summed E-state index contributed by atoms with van der Waals surface area (Å²) in [6.45, 7) is 5.52. The monoisotopic (exact) mass is 508 g/mol. The largest absolute Gasteiger partial charge is 0.393 e. The summed E-state index contributed by atoms with van der Waals surface area (Å²) in [5, 5.41) is 34.3. The van der Waals surface area contributed by atoms with Gasteiger partial charge in [-0.05, 0) is 45.1 Å². The van der Waals surface area contributed by atoms with Crippen LogP contribution in [-0.4, -0.2) is 88.0 Å². The van der Waals surface area contributed by atoms with Crippen molar-refractivity contribution in [3.05, 3.63) is 35.5 Å². The number of hydrogen-bond donors (Lipinski definition) is 4. The number of ketones is 1. The first kappa shape index (κ1) is 27.8. The second kappa shape index (κ2) is 12.4. The number of thioether (sulfide) groups is 1. The lowest BCUT2D eigenvalue weighted by atomic mass is 9.85. The van der Waals surface area contributed by atoms with E-state index in [9.17, 15) is 24.9 Å². The minimum Gasteiger partial charge on any atom is -0.393 e. The van der Waals surface area contributed by atoms with Gasteiger partial charge in [-0.25, -0.2) is 4.98 Å². The zero-order valence-corrected chi connectivity index (χ0v) is 21.4. The highest BCUT2D eigenvalue weighted by Gasteiger charge is 2.48. The molecule has 9 nitrogen and oxygen atoms in total. The molecule has 0 radical (unpaired) electrons. The molecule has 2 fully saturated rings. The van der Waals surface area contributed by atoms with Gasteiger partial charge < -0.3 is 30.1 Å². The molecule has 0 saturated carbocycles. The molecule has 35 heavy (non-hydrogen) atoms. The standard InChI is InChI=1S/C25H36N2O7S/c1-13(8-21(30)26-11-18(29)16-5-6-22(35-4)27-10-16)7-19-24(32)23(31)17(12-33-19)9-20-25(34-20)14(2)15(3)28/h5-6,8,10,14-15,17,19-20,23-25,28,31-32H,7,9,11-12H2,1-4H3,(H,26,30)/b13-8+/t14-,15-,17-,19-,20-,23+,24-,25-/m0/s1. The lowest BCUT2D eigenvalue weighted by molar-refractivity contribution is -0.165. The molecule has 0 aliphatic carbocycles. The Morgan fingerprint density at radius 2 is 2.00 bits per heavy atom. The van der Waals surface area contributed by atoms with Crippen molar-refractivity contribution in [2.45, 2.75) is 75.3 Å². The maximum atomic E-state index is 12.2. The maximum Gasteiger partial charge on any atom is 0.244 e. The van der Waals surface area contributed by atoms with E-state index < -0.39 is 30.3 Å².